The first kappa shape index (κ1) is 19.8. The van der Waals surface area contributed by atoms with E-state index in [0.29, 0.717) is 29.5 Å². The average molecular weight is 424 g/mol. The lowest BCUT2D eigenvalue weighted by Crippen LogP contribution is -2.50. The molecule has 2 aromatic heterocycles. The number of carbonyl (C=O) groups is 2. The Morgan fingerprint density at radius 2 is 2.03 bits per heavy atom. The van der Waals surface area contributed by atoms with Crippen LogP contribution >= 0.6 is 11.6 Å². The first-order valence-electron chi connectivity index (χ1n) is 9.27. The highest BCUT2D eigenvalue weighted by Gasteiger charge is 2.43. The van der Waals surface area contributed by atoms with E-state index in [-0.39, 0.29) is 11.3 Å². The maximum atomic E-state index is 13.1. The number of aromatic carboxylic acids is 1. The number of benzene rings is 1. The molecule has 4 rings (SSSR count). The number of carboxylic acid groups (broad SMARTS) is 1. The molecule has 1 amide bonds. The Morgan fingerprint density at radius 1 is 1.20 bits per heavy atom. The van der Waals surface area contributed by atoms with Crippen LogP contribution in [0.5, 0.6) is 5.75 Å². The number of aryl methyl sites for hydroxylation is 1. The number of fused-ring (bicyclic) bond motifs is 1. The molecule has 30 heavy (non-hydrogen) atoms. The molecule has 0 saturated carbocycles. The molecule has 1 aromatic carbocycles. The number of carbonyl (C=O) groups excluding carboxylic acids is 1. The van der Waals surface area contributed by atoms with E-state index < -0.39 is 17.4 Å². The number of halogens is 1. The molecule has 0 saturated heterocycles. The highest BCUT2D eigenvalue weighted by Crippen LogP contribution is 2.41. The summed E-state index contributed by atoms with van der Waals surface area (Å²) < 4.78 is 5.76. The molecule has 0 fully saturated rings. The molecular formula is C22H18ClN3O4. The average Bonchev–Trinajstić information content (AvgIpc) is 2.76. The molecule has 1 aliphatic heterocycles. The summed E-state index contributed by atoms with van der Waals surface area (Å²) in [4.78, 5) is 32.7. The quantitative estimate of drug-likeness (QED) is 0.665. The van der Waals surface area contributed by atoms with Gasteiger partial charge < -0.3 is 15.2 Å². The van der Waals surface area contributed by atoms with Gasteiger partial charge in [-0.2, -0.15) is 0 Å². The van der Waals surface area contributed by atoms with Gasteiger partial charge in [-0.25, -0.2) is 4.79 Å². The predicted molar refractivity (Wildman–Crippen MR) is 110 cm³/mol. The van der Waals surface area contributed by atoms with E-state index in [2.05, 4.69) is 15.3 Å². The Balaban J connectivity index is 1.80. The summed E-state index contributed by atoms with van der Waals surface area (Å²) in [5, 5.41) is 12.7. The van der Waals surface area contributed by atoms with Gasteiger partial charge in [-0.05, 0) is 48.4 Å². The molecule has 7 nitrogen and oxygen atoms in total. The number of nitrogens with zero attached hydrogens (tertiary/aromatic N) is 2. The Morgan fingerprint density at radius 3 is 2.73 bits per heavy atom. The molecule has 0 radical (unpaired) electrons. The summed E-state index contributed by atoms with van der Waals surface area (Å²) >= 11 is 6.39. The van der Waals surface area contributed by atoms with Crippen LogP contribution < -0.4 is 10.1 Å². The van der Waals surface area contributed by atoms with Crippen molar-refractivity contribution in [2.45, 2.75) is 18.9 Å². The van der Waals surface area contributed by atoms with Crippen molar-refractivity contribution in [3.63, 3.8) is 0 Å². The van der Waals surface area contributed by atoms with Gasteiger partial charge in [0.25, 0.3) is 5.91 Å². The van der Waals surface area contributed by atoms with Crippen LogP contribution in [0.15, 0.2) is 54.9 Å². The molecule has 1 aliphatic rings. The topological polar surface area (TPSA) is 101 Å². The van der Waals surface area contributed by atoms with E-state index in [0.717, 1.165) is 17.3 Å². The van der Waals surface area contributed by atoms with Gasteiger partial charge >= 0.3 is 5.97 Å². The molecule has 8 heteroatoms. The van der Waals surface area contributed by atoms with E-state index in [1.165, 1.54) is 12.1 Å². The van der Waals surface area contributed by atoms with Crippen LogP contribution in [0, 0.1) is 6.92 Å². The van der Waals surface area contributed by atoms with Crippen LogP contribution in [-0.2, 0) is 5.54 Å². The van der Waals surface area contributed by atoms with Gasteiger partial charge in [0.2, 0.25) is 0 Å². The van der Waals surface area contributed by atoms with Crippen LogP contribution in [0.2, 0.25) is 5.02 Å². The second-order valence-electron chi connectivity index (χ2n) is 7.01. The minimum Gasteiger partial charge on any atom is -0.491 e. The van der Waals surface area contributed by atoms with Crippen molar-refractivity contribution in [3.8, 4) is 5.75 Å². The molecule has 152 valence electrons. The largest absolute Gasteiger partial charge is 0.491 e. The fourth-order valence-electron chi connectivity index (χ4n) is 3.51. The van der Waals surface area contributed by atoms with Crippen molar-refractivity contribution in [1.29, 1.82) is 0 Å². The first-order chi connectivity index (χ1) is 14.4. The number of pyridine rings is 2. The molecule has 0 unspecified atom stereocenters. The van der Waals surface area contributed by atoms with Gasteiger partial charge in [-0.3, -0.25) is 14.8 Å². The Bertz CT molecular complexity index is 1130. The second-order valence-corrected chi connectivity index (χ2v) is 7.42. The van der Waals surface area contributed by atoms with Gasteiger partial charge in [0.1, 0.15) is 22.7 Å². The summed E-state index contributed by atoms with van der Waals surface area (Å²) in [6.07, 6.45) is 3.24. The van der Waals surface area contributed by atoms with Crippen LogP contribution in [0.4, 0.5) is 0 Å². The van der Waals surface area contributed by atoms with Gasteiger partial charge in [-0.1, -0.05) is 23.7 Å². The molecular weight excluding hydrogens is 406 g/mol. The number of carboxylic acids is 1. The Kier molecular flexibility index (Phi) is 5.13. The summed E-state index contributed by atoms with van der Waals surface area (Å²) in [7, 11) is 0. The van der Waals surface area contributed by atoms with E-state index >= 15 is 0 Å². The Hall–Kier alpha value is -3.45. The lowest BCUT2D eigenvalue weighted by Gasteiger charge is -2.39. The van der Waals surface area contributed by atoms with Crippen molar-refractivity contribution in [3.05, 3.63) is 88.0 Å². The SMILES string of the molecule is Cc1ccc([C@@]2(NC(=O)c3ccc(C(=O)O)cn3)CCOc3cccnc32)cc1Cl. The lowest BCUT2D eigenvalue weighted by molar-refractivity contribution is 0.0695. The van der Waals surface area contributed by atoms with Crippen molar-refractivity contribution in [1.82, 2.24) is 15.3 Å². The van der Waals surface area contributed by atoms with Gasteiger partial charge in [0.05, 0.1) is 12.2 Å². The zero-order chi connectivity index (χ0) is 21.3. The van der Waals surface area contributed by atoms with E-state index in [1.807, 2.05) is 25.1 Å². The van der Waals surface area contributed by atoms with E-state index in [1.54, 1.807) is 18.3 Å². The zero-order valence-electron chi connectivity index (χ0n) is 16.1. The third kappa shape index (κ3) is 3.48. The van der Waals surface area contributed by atoms with E-state index in [4.69, 9.17) is 21.4 Å². The fraction of sp³-hybridized carbons (Fsp3) is 0.182. The first-order valence-corrected chi connectivity index (χ1v) is 9.65. The third-order valence-electron chi connectivity index (χ3n) is 5.14. The monoisotopic (exact) mass is 423 g/mol. The molecule has 3 heterocycles. The number of aromatic nitrogens is 2. The molecule has 2 N–H and O–H groups in total. The van der Waals surface area contributed by atoms with Crippen molar-refractivity contribution in [2.75, 3.05) is 6.61 Å². The van der Waals surface area contributed by atoms with Gasteiger partial charge in [0.15, 0.2) is 0 Å². The van der Waals surface area contributed by atoms with E-state index in [9.17, 15) is 9.59 Å². The highest BCUT2D eigenvalue weighted by atomic mass is 35.5. The normalized spacial score (nSPS) is 17.5. The minimum atomic E-state index is -1.11. The van der Waals surface area contributed by atoms with Crippen molar-refractivity contribution < 1.29 is 19.4 Å². The molecule has 3 aromatic rings. The van der Waals surface area contributed by atoms with Gasteiger partial charge in [-0.15, -0.1) is 0 Å². The summed E-state index contributed by atoms with van der Waals surface area (Å²) in [5.74, 6) is -0.986. The van der Waals surface area contributed by atoms with Crippen LogP contribution in [0.1, 0.15) is 44.1 Å². The molecule has 0 spiro atoms. The third-order valence-corrected chi connectivity index (χ3v) is 5.55. The second kappa shape index (κ2) is 7.76. The number of rotatable bonds is 4. The number of hydrogen-bond acceptors (Lipinski definition) is 5. The zero-order valence-corrected chi connectivity index (χ0v) is 16.8. The van der Waals surface area contributed by atoms with Crippen LogP contribution in [0.3, 0.4) is 0 Å². The van der Waals surface area contributed by atoms with Crippen LogP contribution in [0.25, 0.3) is 0 Å². The Labute approximate surface area is 177 Å². The summed E-state index contributed by atoms with van der Waals surface area (Å²) in [6, 6.07) is 11.9. The predicted octanol–water partition coefficient (Wildman–Crippen LogP) is 3.59. The van der Waals surface area contributed by atoms with Crippen molar-refractivity contribution in [2.24, 2.45) is 0 Å². The number of hydrogen-bond donors (Lipinski definition) is 2. The smallest absolute Gasteiger partial charge is 0.337 e. The number of nitrogens with one attached hydrogen (secondary N) is 1. The number of amides is 1. The summed E-state index contributed by atoms with van der Waals surface area (Å²) in [6.45, 7) is 2.28. The van der Waals surface area contributed by atoms with Crippen molar-refractivity contribution >= 4 is 23.5 Å². The number of ether oxygens (including phenoxy) is 1. The minimum absolute atomic E-state index is 0.00431. The molecule has 0 aliphatic carbocycles. The molecule has 1 atom stereocenters. The fourth-order valence-corrected chi connectivity index (χ4v) is 3.69. The highest BCUT2D eigenvalue weighted by molar-refractivity contribution is 6.31. The molecule has 0 bridgehead atoms. The van der Waals surface area contributed by atoms with Gasteiger partial charge in [0, 0.05) is 23.8 Å². The standard InChI is InChI=1S/C22H18ClN3O4/c1-13-4-6-15(11-16(13)23)22(8-10-30-18-3-2-9-24-19(18)22)26-20(27)17-7-5-14(12-25-17)21(28)29/h2-7,9,11-12H,8,10H2,1H3,(H,26,27)(H,28,29)/t22-/m0/s1. The lowest BCUT2D eigenvalue weighted by atomic mass is 9.81. The summed E-state index contributed by atoms with van der Waals surface area (Å²) in [5.41, 5.74) is 1.40. The maximum Gasteiger partial charge on any atom is 0.337 e. The maximum absolute atomic E-state index is 13.1. The van der Waals surface area contributed by atoms with Crippen LogP contribution in [-0.4, -0.2) is 33.6 Å².